The zero-order valence-electron chi connectivity index (χ0n) is 10.5. The number of halogens is 1. The number of hydrogen-bond acceptors (Lipinski definition) is 3. The molecular formula is C13H20ClN3. The van der Waals surface area contributed by atoms with Gasteiger partial charge in [-0.2, -0.15) is 0 Å². The highest BCUT2D eigenvalue weighted by Gasteiger charge is 2.25. The molecule has 0 bridgehead atoms. The van der Waals surface area contributed by atoms with Crippen LogP contribution in [-0.2, 0) is 6.54 Å². The molecular weight excluding hydrogens is 234 g/mol. The Morgan fingerprint density at radius 2 is 2.29 bits per heavy atom. The molecule has 94 valence electrons. The number of anilines is 1. The van der Waals surface area contributed by atoms with E-state index in [1.807, 2.05) is 6.07 Å². The summed E-state index contributed by atoms with van der Waals surface area (Å²) in [5, 5.41) is 0.719. The van der Waals surface area contributed by atoms with Crippen LogP contribution in [0.3, 0.4) is 0 Å². The normalized spacial score (nSPS) is 25.1. The highest BCUT2D eigenvalue weighted by atomic mass is 35.5. The number of pyridine rings is 1. The number of nitrogens with two attached hydrogens (primary N) is 1. The summed E-state index contributed by atoms with van der Waals surface area (Å²) in [6.45, 7) is 6.04. The largest absolute Gasteiger partial charge is 0.353 e. The lowest BCUT2D eigenvalue weighted by atomic mass is 9.93. The Balaban J connectivity index is 2.28. The minimum atomic E-state index is 0.465. The van der Waals surface area contributed by atoms with Crippen LogP contribution < -0.4 is 10.6 Å². The zero-order chi connectivity index (χ0) is 12.4. The monoisotopic (exact) mass is 253 g/mol. The van der Waals surface area contributed by atoms with Gasteiger partial charge >= 0.3 is 0 Å². The van der Waals surface area contributed by atoms with Crippen molar-refractivity contribution in [3.8, 4) is 0 Å². The van der Waals surface area contributed by atoms with Crippen LogP contribution >= 0.6 is 11.6 Å². The molecule has 1 saturated heterocycles. The summed E-state index contributed by atoms with van der Waals surface area (Å²) in [4.78, 5) is 6.73. The molecule has 1 fully saturated rings. The first-order chi connectivity index (χ1) is 8.13. The molecule has 0 radical (unpaired) electrons. The molecule has 2 atom stereocenters. The second kappa shape index (κ2) is 5.23. The predicted octanol–water partition coefficient (Wildman–Crippen LogP) is 2.82. The number of rotatable bonds is 2. The van der Waals surface area contributed by atoms with Crippen molar-refractivity contribution < 1.29 is 0 Å². The second-order valence-corrected chi connectivity index (χ2v) is 5.36. The van der Waals surface area contributed by atoms with Crippen LogP contribution in [0.1, 0.15) is 32.3 Å². The molecule has 0 aliphatic carbocycles. The van der Waals surface area contributed by atoms with Crippen LogP contribution in [0.2, 0.25) is 5.02 Å². The first-order valence-corrected chi connectivity index (χ1v) is 6.61. The van der Waals surface area contributed by atoms with E-state index >= 15 is 0 Å². The van der Waals surface area contributed by atoms with Gasteiger partial charge < -0.3 is 10.6 Å². The molecule has 1 aliphatic rings. The molecule has 2 N–H and O–H groups in total. The molecule has 1 aromatic heterocycles. The lowest BCUT2D eigenvalue weighted by Crippen LogP contribution is -2.41. The standard InChI is InChI=1S/C13H20ClN3/c1-9-4-6-17(10(2)7-9)13-12(14)11(8-15)3-5-16-13/h3,5,9-10H,4,6-8,15H2,1-2H3. The highest BCUT2D eigenvalue weighted by Crippen LogP contribution is 2.32. The van der Waals surface area contributed by atoms with Gasteiger partial charge in [-0.25, -0.2) is 4.98 Å². The van der Waals surface area contributed by atoms with Crippen molar-refractivity contribution in [3.63, 3.8) is 0 Å². The number of nitrogens with zero attached hydrogens (tertiary/aromatic N) is 2. The zero-order valence-corrected chi connectivity index (χ0v) is 11.2. The van der Waals surface area contributed by atoms with Crippen molar-refractivity contribution in [1.82, 2.24) is 4.98 Å². The Labute approximate surface area is 108 Å². The van der Waals surface area contributed by atoms with Crippen molar-refractivity contribution in [2.45, 2.75) is 39.3 Å². The Morgan fingerprint density at radius 1 is 1.53 bits per heavy atom. The summed E-state index contributed by atoms with van der Waals surface area (Å²) in [5.41, 5.74) is 6.65. The van der Waals surface area contributed by atoms with Gasteiger partial charge in [0.05, 0.1) is 5.02 Å². The van der Waals surface area contributed by atoms with E-state index in [2.05, 4.69) is 23.7 Å². The molecule has 2 heterocycles. The van der Waals surface area contributed by atoms with Gasteiger partial charge in [0.15, 0.2) is 0 Å². The van der Waals surface area contributed by atoms with Crippen LogP contribution in [0.4, 0.5) is 5.82 Å². The van der Waals surface area contributed by atoms with Crippen LogP contribution in [0.15, 0.2) is 12.3 Å². The SMILES string of the molecule is CC1CCN(c2nccc(CN)c2Cl)C(C)C1. The van der Waals surface area contributed by atoms with Gasteiger partial charge in [-0.05, 0) is 37.3 Å². The fraction of sp³-hybridized carbons (Fsp3) is 0.615. The van der Waals surface area contributed by atoms with Gasteiger partial charge in [-0.15, -0.1) is 0 Å². The summed E-state index contributed by atoms with van der Waals surface area (Å²) in [5.74, 6) is 1.69. The van der Waals surface area contributed by atoms with Gasteiger partial charge in [0, 0.05) is 25.3 Å². The van der Waals surface area contributed by atoms with E-state index in [1.54, 1.807) is 6.20 Å². The molecule has 3 nitrogen and oxygen atoms in total. The quantitative estimate of drug-likeness (QED) is 0.881. The third kappa shape index (κ3) is 2.55. The number of hydrogen-bond donors (Lipinski definition) is 1. The molecule has 0 amide bonds. The Bertz CT molecular complexity index is 394. The van der Waals surface area contributed by atoms with E-state index in [0.29, 0.717) is 12.6 Å². The van der Waals surface area contributed by atoms with Crippen LogP contribution in [-0.4, -0.2) is 17.6 Å². The fourth-order valence-electron chi connectivity index (χ4n) is 2.55. The number of aromatic nitrogens is 1. The van der Waals surface area contributed by atoms with Gasteiger partial charge in [0.1, 0.15) is 5.82 Å². The molecule has 1 aliphatic heterocycles. The maximum atomic E-state index is 6.36. The van der Waals surface area contributed by atoms with Gasteiger partial charge in [0.25, 0.3) is 0 Å². The Kier molecular flexibility index (Phi) is 3.89. The molecule has 0 saturated carbocycles. The average molecular weight is 254 g/mol. The second-order valence-electron chi connectivity index (χ2n) is 4.98. The molecule has 2 rings (SSSR count). The van der Waals surface area contributed by atoms with Crippen LogP contribution in [0.25, 0.3) is 0 Å². The van der Waals surface area contributed by atoms with Gasteiger partial charge in [0.2, 0.25) is 0 Å². The highest BCUT2D eigenvalue weighted by molar-refractivity contribution is 6.33. The molecule has 4 heteroatoms. The van der Waals surface area contributed by atoms with Crippen molar-refractivity contribution >= 4 is 17.4 Å². The van der Waals surface area contributed by atoms with E-state index in [9.17, 15) is 0 Å². The van der Waals surface area contributed by atoms with E-state index in [1.165, 1.54) is 12.8 Å². The maximum absolute atomic E-state index is 6.36. The fourth-order valence-corrected chi connectivity index (χ4v) is 2.85. The van der Waals surface area contributed by atoms with E-state index in [0.717, 1.165) is 28.9 Å². The minimum Gasteiger partial charge on any atom is -0.353 e. The number of piperidine rings is 1. The minimum absolute atomic E-state index is 0.465. The lowest BCUT2D eigenvalue weighted by Gasteiger charge is -2.38. The van der Waals surface area contributed by atoms with Crippen LogP contribution in [0, 0.1) is 5.92 Å². The third-order valence-corrected chi connectivity index (χ3v) is 3.99. The molecule has 17 heavy (non-hydrogen) atoms. The Morgan fingerprint density at radius 3 is 2.94 bits per heavy atom. The van der Waals surface area contributed by atoms with E-state index < -0.39 is 0 Å². The maximum Gasteiger partial charge on any atom is 0.147 e. The predicted molar refractivity (Wildman–Crippen MR) is 72.3 cm³/mol. The molecule has 2 unspecified atom stereocenters. The van der Waals surface area contributed by atoms with E-state index in [-0.39, 0.29) is 0 Å². The summed E-state index contributed by atoms with van der Waals surface area (Å²) >= 11 is 6.36. The average Bonchev–Trinajstić information content (AvgIpc) is 2.30. The first kappa shape index (κ1) is 12.7. The van der Waals surface area contributed by atoms with E-state index in [4.69, 9.17) is 17.3 Å². The first-order valence-electron chi connectivity index (χ1n) is 6.23. The molecule has 0 spiro atoms. The van der Waals surface area contributed by atoms with Gasteiger partial charge in [-0.3, -0.25) is 0 Å². The van der Waals surface area contributed by atoms with Gasteiger partial charge in [-0.1, -0.05) is 18.5 Å². The summed E-state index contributed by atoms with van der Waals surface area (Å²) in [6.07, 6.45) is 4.20. The molecule has 0 aromatic carbocycles. The van der Waals surface area contributed by atoms with Crippen molar-refractivity contribution in [3.05, 3.63) is 22.8 Å². The van der Waals surface area contributed by atoms with Crippen molar-refractivity contribution in [1.29, 1.82) is 0 Å². The summed E-state index contributed by atoms with van der Waals surface area (Å²) in [6, 6.07) is 2.39. The third-order valence-electron chi connectivity index (χ3n) is 3.58. The summed E-state index contributed by atoms with van der Waals surface area (Å²) in [7, 11) is 0. The van der Waals surface area contributed by atoms with Crippen molar-refractivity contribution in [2.24, 2.45) is 11.7 Å². The smallest absolute Gasteiger partial charge is 0.147 e. The lowest BCUT2D eigenvalue weighted by molar-refractivity contribution is 0.376. The van der Waals surface area contributed by atoms with Crippen molar-refractivity contribution in [2.75, 3.05) is 11.4 Å². The molecule has 1 aromatic rings. The Hall–Kier alpha value is -0.800. The summed E-state index contributed by atoms with van der Waals surface area (Å²) < 4.78 is 0. The van der Waals surface area contributed by atoms with Crippen LogP contribution in [0.5, 0.6) is 0 Å². The topological polar surface area (TPSA) is 42.2 Å².